The number of amides is 1. The van der Waals surface area contributed by atoms with Crippen LogP contribution in [-0.2, 0) is 9.84 Å². The molecule has 0 bridgehead atoms. The van der Waals surface area contributed by atoms with Gasteiger partial charge in [0.25, 0.3) is 5.91 Å². The van der Waals surface area contributed by atoms with Crippen molar-refractivity contribution < 1.29 is 13.2 Å². The van der Waals surface area contributed by atoms with Gasteiger partial charge in [-0.2, -0.15) is 0 Å². The predicted molar refractivity (Wildman–Crippen MR) is 86.7 cm³/mol. The van der Waals surface area contributed by atoms with Gasteiger partial charge >= 0.3 is 0 Å². The number of hydrogen-bond donors (Lipinski definition) is 1. The third kappa shape index (κ3) is 3.87. The van der Waals surface area contributed by atoms with E-state index in [-0.39, 0.29) is 28.6 Å². The van der Waals surface area contributed by atoms with Crippen LogP contribution in [0.3, 0.4) is 0 Å². The lowest BCUT2D eigenvalue weighted by molar-refractivity contribution is 0.0673. The monoisotopic (exact) mass is 324 g/mol. The van der Waals surface area contributed by atoms with E-state index in [4.69, 9.17) is 0 Å². The summed E-state index contributed by atoms with van der Waals surface area (Å²) in [6, 6.07) is 6.82. The molecule has 0 unspecified atom stereocenters. The molecule has 5 nitrogen and oxygen atoms in total. The Bertz CT molecular complexity index is 615. The maximum absolute atomic E-state index is 12.5. The van der Waals surface area contributed by atoms with Crippen molar-refractivity contribution >= 4 is 15.7 Å². The smallest absolute Gasteiger partial charge is 0.253 e. The van der Waals surface area contributed by atoms with Crippen LogP contribution in [0.2, 0.25) is 0 Å². The Hall–Kier alpha value is -1.40. The van der Waals surface area contributed by atoms with Gasteiger partial charge in [-0.05, 0) is 44.5 Å². The first kappa shape index (κ1) is 17.0. The average molecular weight is 324 g/mol. The number of hydrogen-bond acceptors (Lipinski definition) is 4. The van der Waals surface area contributed by atoms with E-state index < -0.39 is 9.84 Å². The summed E-state index contributed by atoms with van der Waals surface area (Å²) in [4.78, 5) is 14.6. The summed E-state index contributed by atoms with van der Waals surface area (Å²) >= 11 is 0. The topological polar surface area (TPSA) is 66.5 Å². The van der Waals surface area contributed by atoms with Crippen molar-refractivity contribution in [2.75, 3.05) is 18.8 Å². The molecule has 1 N–H and O–H groups in total. The highest BCUT2D eigenvalue weighted by molar-refractivity contribution is 7.91. The van der Waals surface area contributed by atoms with Crippen molar-refractivity contribution in [1.82, 2.24) is 10.2 Å². The largest absolute Gasteiger partial charge is 0.336 e. The van der Waals surface area contributed by atoms with E-state index in [1.807, 2.05) is 11.8 Å². The molecule has 0 spiro atoms. The van der Waals surface area contributed by atoms with Gasteiger partial charge in [-0.1, -0.05) is 6.92 Å². The van der Waals surface area contributed by atoms with Gasteiger partial charge in [-0.15, -0.1) is 0 Å². The summed E-state index contributed by atoms with van der Waals surface area (Å²) in [6.45, 7) is 7.27. The molecule has 2 atom stereocenters. The molecule has 1 heterocycles. The van der Waals surface area contributed by atoms with E-state index in [0.29, 0.717) is 25.1 Å². The molecule has 22 heavy (non-hydrogen) atoms. The normalized spacial score (nSPS) is 22.6. The highest BCUT2D eigenvalue weighted by Crippen LogP contribution is 2.16. The highest BCUT2D eigenvalue weighted by atomic mass is 32.2. The van der Waals surface area contributed by atoms with Crippen LogP contribution < -0.4 is 5.32 Å². The molecule has 0 radical (unpaired) electrons. The zero-order valence-corrected chi connectivity index (χ0v) is 14.2. The fourth-order valence-corrected chi connectivity index (χ4v) is 4.19. The molecule has 1 aromatic carbocycles. The Morgan fingerprint density at radius 1 is 1.18 bits per heavy atom. The molecule has 1 aliphatic rings. The Morgan fingerprint density at radius 3 is 2.23 bits per heavy atom. The van der Waals surface area contributed by atoms with Crippen LogP contribution in [-0.4, -0.2) is 50.2 Å². The lowest BCUT2D eigenvalue weighted by Crippen LogP contribution is -2.55. The van der Waals surface area contributed by atoms with Crippen LogP contribution >= 0.6 is 0 Å². The van der Waals surface area contributed by atoms with E-state index in [1.165, 1.54) is 12.1 Å². The molecular formula is C16H24N2O3S. The van der Waals surface area contributed by atoms with E-state index in [2.05, 4.69) is 19.2 Å². The average Bonchev–Trinajstić information content (AvgIpc) is 2.45. The first-order valence-electron chi connectivity index (χ1n) is 7.71. The van der Waals surface area contributed by atoms with Crippen LogP contribution in [0.5, 0.6) is 0 Å². The maximum atomic E-state index is 12.5. The molecule has 1 aliphatic heterocycles. The van der Waals surface area contributed by atoms with Crippen LogP contribution in [0.1, 0.15) is 37.6 Å². The minimum atomic E-state index is -3.23. The van der Waals surface area contributed by atoms with Gasteiger partial charge in [0.2, 0.25) is 0 Å². The van der Waals surface area contributed by atoms with Gasteiger partial charge in [0.1, 0.15) is 0 Å². The van der Waals surface area contributed by atoms with Crippen molar-refractivity contribution in [2.24, 2.45) is 0 Å². The Balaban J connectivity index is 2.15. The zero-order chi connectivity index (χ0) is 16.3. The van der Waals surface area contributed by atoms with Gasteiger partial charge in [-0.25, -0.2) is 8.42 Å². The number of piperazine rings is 1. The van der Waals surface area contributed by atoms with E-state index in [9.17, 15) is 13.2 Å². The number of nitrogens with zero attached hydrogens (tertiary/aromatic N) is 1. The zero-order valence-electron chi connectivity index (χ0n) is 13.4. The summed E-state index contributed by atoms with van der Waals surface area (Å²) in [6.07, 6.45) is 0.583. The summed E-state index contributed by atoms with van der Waals surface area (Å²) in [7, 11) is -3.23. The minimum Gasteiger partial charge on any atom is -0.336 e. The molecule has 122 valence electrons. The minimum absolute atomic E-state index is 0.0420. The molecule has 0 aliphatic carbocycles. The lowest BCUT2D eigenvalue weighted by Gasteiger charge is -2.36. The summed E-state index contributed by atoms with van der Waals surface area (Å²) < 4.78 is 24.0. The van der Waals surface area contributed by atoms with Crippen LogP contribution in [0, 0.1) is 0 Å². The van der Waals surface area contributed by atoms with Crippen molar-refractivity contribution in [2.45, 2.75) is 44.2 Å². The maximum Gasteiger partial charge on any atom is 0.253 e. The van der Waals surface area contributed by atoms with Gasteiger partial charge in [0.15, 0.2) is 9.84 Å². The quantitative estimate of drug-likeness (QED) is 0.915. The van der Waals surface area contributed by atoms with Gasteiger partial charge in [0.05, 0.1) is 10.6 Å². The molecule has 1 saturated heterocycles. The predicted octanol–water partition coefficient (Wildman–Crippen LogP) is 1.69. The molecule has 0 saturated carbocycles. The fraction of sp³-hybridized carbons (Fsp3) is 0.562. The molecule has 1 amide bonds. The van der Waals surface area contributed by atoms with Gasteiger partial charge in [0, 0.05) is 30.7 Å². The summed E-state index contributed by atoms with van der Waals surface area (Å²) in [5.74, 6) is 0.0901. The SMILES string of the molecule is CCCS(=O)(=O)c1ccc(C(=O)N2C[C@@H](C)N[C@H](C)C2)cc1. The molecular weight excluding hydrogens is 300 g/mol. The second kappa shape index (κ2) is 6.79. The number of carbonyl (C=O) groups is 1. The third-order valence-electron chi connectivity index (χ3n) is 3.78. The second-order valence-electron chi connectivity index (χ2n) is 6.02. The second-order valence-corrected chi connectivity index (χ2v) is 8.13. The number of benzene rings is 1. The van der Waals surface area contributed by atoms with Crippen LogP contribution in [0.4, 0.5) is 0 Å². The Kier molecular flexibility index (Phi) is 5.24. The molecule has 2 rings (SSSR count). The van der Waals surface area contributed by atoms with Crippen LogP contribution in [0.25, 0.3) is 0 Å². The van der Waals surface area contributed by atoms with E-state index in [1.54, 1.807) is 12.1 Å². The first-order chi connectivity index (χ1) is 10.3. The van der Waals surface area contributed by atoms with E-state index >= 15 is 0 Å². The molecule has 0 aromatic heterocycles. The van der Waals surface area contributed by atoms with Crippen molar-refractivity contribution in [1.29, 1.82) is 0 Å². The number of sulfone groups is 1. The van der Waals surface area contributed by atoms with Gasteiger partial charge in [-0.3, -0.25) is 4.79 Å². The molecule has 6 heteroatoms. The number of rotatable bonds is 4. The van der Waals surface area contributed by atoms with Crippen molar-refractivity contribution in [3.05, 3.63) is 29.8 Å². The Morgan fingerprint density at radius 2 is 1.73 bits per heavy atom. The fourth-order valence-electron chi connectivity index (χ4n) is 2.87. The molecule has 1 fully saturated rings. The van der Waals surface area contributed by atoms with Crippen LogP contribution in [0.15, 0.2) is 29.2 Å². The molecule has 1 aromatic rings. The van der Waals surface area contributed by atoms with Crippen molar-refractivity contribution in [3.8, 4) is 0 Å². The third-order valence-corrected chi connectivity index (χ3v) is 5.71. The first-order valence-corrected chi connectivity index (χ1v) is 9.37. The number of nitrogens with one attached hydrogen (secondary N) is 1. The van der Waals surface area contributed by atoms with E-state index in [0.717, 1.165) is 0 Å². The summed E-state index contributed by atoms with van der Waals surface area (Å²) in [5, 5.41) is 3.39. The van der Waals surface area contributed by atoms with Gasteiger partial charge < -0.3 is 10.2 Å². The lowest BCUT2D eigenvalue weighted by atomic mass is 10.1. The van der Waals surface area contributed by atoms with Crippen molar-refractivity contribution in [3.63, 3.8) is 0 Å². The summed E-state index contributed by atoms with van der Waals surface area (Å²) in [5.41, 5.74) is 0.539. The highest BCUT2D eigenvalue weighted by Gasteiger charge is 2.25. The standard InChI is InChI=1S/C16H24N2O3S/c1-4-9-22(20,21)15-7-5-14(6-8-15)16(19)18-10-12(2)17-13(3)11-18/h5-8,12-13,17H,4,9-11H2,1-3H3/t12-,13-/m1/s1. The Labute approximate surface area is 132 Å². The number of carbonyl (C=O) groups excluding carboxylic acids is 1.